The van der Waals surface area contributed by atoms with Crippen LogP contribution in [-0.2, 0) is 21.1 Å². The summed E-state index contributed by atoms with van der Waals surface area (Å²) in [5, 5.41) is 0. The molecule has 2 rings (SSSR count). The van der Waals surface area contributed by atoms with Crippen LogP contribution >= 0.6 is 0 Å². The van der Waals surface area contributed by atoms with Gasteiger partial charge < -0.3 is 10.7 Å². The van der Waals surface area contributed by atoms with Crippen LogP contribution in [0.2, 0.25) is 0 Å². The molecule has 0 amide bonds. The second-order valence-corrected chi connectivity index (χ2v) is 3.23. The van der Waals surface area contributed by atoms with Crippen molar-refractivity contribution in [1.29, 1.82) is 0 Å². The smallest absolute Gasteiger partial charge is 0.332 e. The molecule has 3 N–H and O–H groups in total. The van der Waals surface area contributed by atoms with Gasteiger partial charge in [0, 0.05) is 21.1 Å². The van der Waals surface area contributed by atoms with Gasteiger partial charge >= 0.3 is 5.69 Å². The molecule has 7 nitrogen and oxygen atoms in total. The number of aryl methyl sites for hydroxylation is 2. The molecule has 0 fully saturated rings. The van der Waals surface area contributed by atoms with Crippen molar-refractivity contribution in [2.45, 2.75) is 0 Å². The Labute approximate surface area is 85.2 Å². The molecule has 7 heteroatoms. The van der Waals surface area contributed by atoms with E-state index in [0.29, 0.717) is 11.2 Å². The van der Waals surface area contributed by atoms with Crippen LogP contribution in [-0.4, -0.2) is 18.7 Å². The zero-order chi connectivity index (χ0) is 10.5. The Morgan fingerprint density at radius 3 is 2.33 bits per heavy atom. The molecule has 0 bridgehead atoms. The topological polar surface area (TPSA) is 96.8 Å². The van der Waals surface area contributed by atoms with Crippen molar-refractivity contribution in [2.75, 3.05) is 0 Å². The third kappa shape index (κ3) is 1.28. The molecule has 0 atom stereocenters. The molecule has 2 heterocycles. The zero-order valence-corrected chi connectivity index (χ0v) is 8.89. The molecule has 2 aromatic rings. The first kappa shape index (κ1) is 11.2. The highest BCUT2D eigenvalue weighted by Crippen LogP contribution is 2.01. The Hall–Kier alpha value is -1.89. The van der Waals surface area contributed by atoms with Crippen LogP contribution in [0.4, 0.5) is 0 Å². The monoisotopic (exact) mass is 211 g/mol. The number of hydrogen-bond acceptors (Lipinski definition) is 4. The van der Waals surface area contributed by atoms with Gasteiger partial charge in [0.1, 0.15) is 0 Å². The predicted molar refractivity (Wildman–Crippen MR) is 56.2 cm³/mol. The van der Waals surface area contributed by atoms with E-state index in [1.54, 1.807) is 18.7 Å². The summed E-state index contributed by atoms with van der Waals surface area (Å²) >= 11 is 0. The molecule has 82 valence electrons. The quantitative estimate of drug-likeness (QED) is 0.612. The molecule has 0 saturated heterocycles. The molecule has 0 aliphatic carbocycles. The van der Waals surface area contributed by atoms with Crippen molar-refractivity contribution in [2.24, 2.45) is 21.1 Å². The number of rotatable bonds is 0. The lowest BCUT2D eigenvalue weighted by Crippen LogP contribution is -2.37. The highest BCUT2D eigenvalue weighted by molar-refractivity contribution is 5.69. The normalized spacial score (nSPS) is 10.3. The summed E-state index contributed by atoms with van der Waals surface area (Å²) in [6.07, 6.45) is 1.52. The van der Waals surface area contributed by atoms with Gasteiger partial charge in [0.15, 0.2) is 11.2 Å². The van der Waals surface area contributed by atoms with Crippen molar-refractivity contribution in [1.82, 2.24) is 24.8 Å². The van der Waals surface area contributed by atoms with E-state index in [-0.39, 0.29) is 17.4 Å². The third-order valence-corrected chi connectivity index (χ3v) is 2.32. The van der Waals surface area contributed by atoms with E-state index in [2.05, 4.69) is 4.98 Å². The zero-order valence-electron chi connectivity index (χ0n) is 8.89. The van der Waals surface area contributed by atoms with Gasteiger partial charge in [-0.3, -0.25) is 13.9 Å². The second kappa shape index (κ2) is 3.35. The number of imidazole rings is 1. The summed E-state index contributed by atoms with van der Waals surface area (Å²) in [5.74, 6) is 0. The van der Waals surface area contributed by atoms with Gasteiger partial charge in [-0.2, -0.15) is 0 Å². The summed E-state index contributed by atoms with van der Waals surface area (Å²) in [4.78, 5) is 27.2. The number of nitrogens with zero attached hydrogens (tertiary/aromatic N) is 4. The molecular weight excluding hydrogens is 198 g/mol. The van der Waals surface area contributed by atoms with E-state index in [1.807, 2.05) is 0 Å². The maximum absolute atomic E-state index is 11.7. The van der Waals surface area contributed by atoms with E-state index in [0.717, 1.165) is 4.57 Å². The Morgan fingerprint density at radius 2 is 1.73 bits per heavy atom. The minimum absolute atomic E-state index is 0. The van der Waals surface area contributed by atoms with Gasteiger partial charge in [0.25, 0.3) is 5.56 Å². The van der Waals surface area contributed by atoms with E-state index < -0.39 is 0 Å². The first-order valence-corrected chi connectivity index (χ1v) is 4.11. The molecule has 0 aliphatic rings. The summed E-state index contributed by atoms with van der Waals surface area (Å²) in [5.41, 5.74) is 0.180. The van der Waals surface area contributed by atoms with E-state index in [1.165, 1.54) is 17.9 Å². The van der Waals surface area contributed by atoms with Crippen LogP contribution in [0.25, 0.3) is 11.2 Å². The average Bonchev–Trinajstić information content (AvgIpc) is 2.54. The maximum Gasteiger partial charge on any atom is 0.332 e. The molecule has 0 spiro atoms. The van der Waals surface area contributed by atoms with Crippen LogP contribution in [0, 0.1) is 0 Å². The second-order valence-electron chi connectivity index (χ2n) is 3.23. The summed E-state index contributed by atoms with van der Waals surface area (Å²) < 4.78 is 4.04. The third-order valence-electron chi connectivity index (χ3n) is 2.32. The molecule has 0 unspecified atom stereocenters. The Balaban J connectivity index is 0.00000112. The molecular formula is C8H13N5O2. The maximum atomic E-state index is 11.7. The van der Waals surface area contributed by atoms with Gasteiger partial charge in [-0.15, -0.1) is 0 Å². The fraction of sp³-hybridized carbons (Fsp3) is 0.375. The van der Waals surface area contributed by atoms with Crippen LogP contribution in [0.3, 0.4) is 0 Å². The van der Waals surface area contributed by atoms with Crippen molar-refractivity contribution in [3.63, 3.8) is 0 Å². The summed E-state index contributed by atoms with van der Waals surface area (Å²) in [6, 6.07) is 0. The van der Waals surface area contributed by atoms with Crippen molar-refractivity contribution >= 4 is 11.2 Å². The molecule has 0 aliphatic heterocycles. The van der Waals surface area contributed by atoms with Crippen molar-refractivity contribution in [3.8, 4) is 0 Å². The summed E-state index contributed by atoms with van der Waals surface area (Å²) in [6.45, 7) is 0. The van der Waals surface area contributed by atoms with E-state index >= 15 is 0 Å². The Morgan fingerprint density at radius 1 is 1.13 bits per heavy atom. The summed E-state index contributed by atoms with van der Waals surface area (Å²) in [7, 11) is 4.77. The van der Waals surface area contributed by atoms with Gasteiger partial charge in [-0.1, -0.05) is 0 Å². The first-order valence-electron chi connectivity index (χ1n) is 4.11. The van der Waals surface area contributed by atoms with Crippen LogP contribution in [0.1, 0.15) is 0 Å². The lowest BCUT2D eigenvalue weighted by atomic mass is 10.5. The largest absolute Gasteiger partial charge is 0.344 e. The standard InChI is InChI=1S/C8H10N4O2.H3N/c1-10-4-9-6-5(10)7(13)12(3)8(14)11(6)2;/h4H,1-3H3;1H3. The minimum Gasteiger partial charge on any atom is -0.344 e. The fourth-order valence-corrected chi connectivity index (χ4v) is 1.47. The average molecular weight is 211 g/mol. The minimum atomic E-state index is -0.360. The van der Waals surface area contributed by atoms with Gasteiger partial charge in [-0.25, -0.2) is 9.78 Å². The van der Waals surface area contributed by atoms with Crippen LogP contribution in [0.5, 0.6) is 0 Å². The van der Waals surface area contributed by atoms with Gasteiger partial charge in [0.2, 0.25) is 0 Å². The Bertz CT molecular complexity index is 618. The van der Waals surface area contributed by atoms with E-state index in [4.69, 9.17) is 0 Å². The van der Waals surface area contributed by atoms with Gasteiger partial charge in [-0.05, 0) is 0 Å². The van der Waals surface area contributed by atoms with Crippen molar-refractivity contribution in [3.05, 3.63) is 27.2 Å². The van der Waals surface area contributed by atoms with Gasteiger partial charge in [0.05, 0.1) is 6.33 Å². The van der Waals surface area contributed by atoms with E-state index in [9.17, 15) is 9.59 Å². The molecule has 2 aromatic heterocycles. The number of aromatic nitrogens is 4. The Kier molecular flexibility index (Phi) is 2.50. The molecule has 15 heavy (non-hydrogen) atoms. The fourth-order valence-electron chi connectivity index (χ4n) is 1.47. The lowest BCUT2D eigenvalue weighted by molar-refractivity contribution is 0.705. The highest BCUT2D eigenvalue weighted by atomic mass is 16.2. The highest BCUT2D eigenvalue weighted by Gasteiger charge is 2.11. The molecule has 0 aromatic carbocycles. The van der Waals surface area contributed by atoms with Crippen LogP contribution < -0.4 is 17.4 Å². The predicted octanol–water partition coefficient (Wildman–Crippen LogP) is -0.867. The SMILES string of the molecule is Cn1c(=O)c2c(ncn2C)n(C)c1=O.N. The lowest BCUT2D eigenvalue weighted by Gasteiger charge is -2.02. The van der Waals surface area contributed by atoms with Crippen LogP contribution in [0.15, 0.2) is 15.9 Å². The van der Waals surface area contributed by atoms with Crippen molar-refractivity contribution < 1.29 is 0 Å². The number of fused-ring (bicyclic) bond motifs is 1. The molecule has 0 saturated carbocycles. The molecule has 0 radical (unpaired) electrons. The first-order chi connectivity index (χ1) is 6.54. The number of hydrogen-bond donors (Lipinski definition) is 1.